The van der Waals surface area contributed by atoms with Crippen LogP contribution < -0.4 is 10.5 Å². The number of hydrogen-bond donors (Lipinski definition) is 3. The standard InChI is InChI=1S/C10H12N2O5S2/c11-19(16,17)6-5-12-10(15)8-3-1-7(18-8)2-4-9(13)14/h1-4H,5-6H2,(H,12,15)(H,13,14)(H2,11,16,17). The quantitative estimate of drug-likeness (QED) is 0.631. The highest BCUT2D eigenvalue weighted by Crippen LogP contribution is 2.17. The fourth-order valence-corrected chi connectivity index (χ4v) is 2.33. The summed E-state index contributed by atoms with van der Waals surface area (Å²) in [6.45, 7) is -0.0735. The molecule has 0 saturated heterocycles. The number of hydrogen-bond acceptors (Lipinski definition) is 5. The molecule has 4 N–H and O–H groups in total. The highest BCUT2D eigenvalue weighted by Gasteiger charge is 2.09. The van der Waals surface area contributed by atoms with E-state index in [0.717, 1.165) is 17.4 Å². The maximum absolute atomic E-state index is 11.6. The predicted molar refractivity (Wildman–Crippen MR) is 71.3 cm³/mol. The van der Waals surface area contributed by atoms with E-state index in [1.807, 2.05) is 0 Å². The van der Waals surface area contributed by atoms with E-state index in [-0.39, 0.29) is 12.3 Å². The molecular formula is C10H12N2O5S2. The van der Waals surface area contributed by atoms with Gasteiger partial charge in [-0.1, -0.05) is 0 Å². The lowest BCUT2D eigenvalue weighted by molar-refractivity contribution is -0.131. The van der Waals surface area contributed by atoms with Gasteiger partial charge in [0.15, 0.2) is 0 Å². The van der Waals surface area contributed by atoms with Crippen LogP contribution >= 0.6 is 11.3 Å². The zero-order chi connectivity index (χ0) is 14.5. The minimum absolute atomic E-state index is 0.0735. The third-order valence-corrected chi connectivity index (χ3v) is 3.74. The van der Waals surface area contributed by atoms with Gasteiger partial charge in [0, 0.05) is 17.5 Å². The van der Waals surface area contributed by atoms with Gasteiger partial charge in [-0.3, -0.25) is 4.79 Å². The molecule has 1 rings (SSSR count). The zero-order valence-electron chi connectivity index (χ0n) is 9.70. The van der Waals surface area contributed by atoms with Gasteiger partial charge in [0.2, 0.25) is 10.0 Å². The second-order valence-electron chi connectivity index (χ2n) is 3.50. The van der Waals surface area contributed by atoms with Crippen molar-refractivity contribution >= 4 is 39.3 Å². The molecule has 0 bridgehead atoms. The number of thiophene rings is 1. The Morgan fingerprint density at radius 1 is 1.42 bits per heavy atom. The maximum Gasteiger partial charge on any atom is 0.328 e. The summed E-state index contributed by atoms with van der Waals surface area (Å²) in [6, 6.07) is 3.12. The van der Waals surface area contributed by atoms with Crippen molar-refractivity contribution in [3.8, 4) is 0 Å². The van der Waals surface area contributed by atoms with Crippen LogP contribution in [0, 0.1) is 0 Å². The van der Waals surface area contributed by atoms with Crippen molar-refractivity contribution in [2.45, 2.75) is 0 Å². The first-order chi connectivity index (χ1) is 8.78. The molecule has 0 aromatic carbocycles. The molecule has 0 spiro atoms. The van der Waals surface area contributed by atoms with E-state index in [4.69, 9.17) is 10.2 Å². The molecular weight excluding hydrogens is 292 g/mol. The number of sulfonamides is 1. The third kappa shape index (κ3) is 6.13. The van der Waals surface area contributed by atoms with Gasteiger partial charge in [-0.25, -0.2) is 18.4 Å². The molecule has 0 saturated carbocycles. The summed E-state index contributed by atoms with van der Waals surface area (Å²) < 4.78 is 21.3. The van der Waals surface area contributed by atoms with Crippen LogP contribution in [0.4, 0.5) is 0 Å². The van der Waals surface area contributed by atoms with Gasteiger partial charge in [0.1, 0.15) is 0 Å². The molecule has 1 aromatic rings. The Hall–Kier alpha value is -1.71. The van der Waals surface area contributed by atoms with Crippen LogP contribution in [0.25, 0.3) is 6.08 Å². The Labute approximate surface area is 113 Å². The summed E-state index contributed by atoms with van der Waals surface area (Å²) >= 11 is 1.10. The minimum atomic E-state index is -3.60. The predicted octanol–water partition coefficient (Wildman–Crippen LogP) is -0.136. The number of carbonyl (C=O) groups is 2. The normalized spacial score (nSPS) is 11.6. The molecule has 1 heterocycles. The molecule has 0 radical (unpaired) electrons. The molecule has 1 aromatic heterocycles. The van der Waals surface area contributed by atoms with Gasteiger partial charge >= 0.3 is 5.97 Å². The van der Waals surface area contributed by atoms with E-state index in [9.17, 15) is 18.0 Å². The maximum atomic E-state index is 11.6. The van der Waals surface area contributed by atoms with E-state index in [2.05, 4.69) is 5.32 Å². The van der Waals surface area contributed by atoms with E-state index in [1.54, 1.807) is 6.07 Å². The second-order valence-corrected chi connectivity index (χ2v) is 6.35. The Balaban J connectivity index is 2.56. The molecule has 0 unspecified atom stereocenters. The number of rotatable bonds is 6. The Morgan fingerprint density at radius 2 is 2.11 bits per heavy atom. The molecule has 19 heavy (non-hydrogen) atoms. The Kier molecular flexibility index (Phi) is 5.21. The number of nitrogens with one attached hydrogen (secondary N) is 1. The highest BCUT2D eigenvalue weighted by atomic mass is 32.2. The van der Waals surface area contributed by atoms with E-state index >= 15 is 0 Å². The third-order valence-electron chi connectivity index (χ3n) is 1.91. The Bertz CT molecular complexity index is 603. The largest absolute Gasteiger partial charge is 0.478 e. The summed E-state index contributed by atoms with van der Waals surface area (Å²) in [5.41, 5.74) is 0. The summed E-state index contributed by atoms with van der Waals surface area (Å²) in [6.07, 6.45) is 2.34. The van der Waals surface area contributed by atoms with Crippen LogP contribution in [0.15, 0.2) is 18.2 Å². The van der Waals surface area contributed by atoms with Crippen molar-refractivity contribution in [2.24, 2.45) is 5.14 Å². The number of aliphatic carboxylic acids is 1. The first-order valence-corrected chi connectivity index (χ1v) is 7.60. The molecule has 1 amide bonds. The van der Waals surface area contributed by atoms with Crippen molar-refractivity contribution in [1.82, 2.24) is 5.32 Å². The van der Waals surface area contributed by atoms with E-state index < -0.39 is 21.9 Å². The fraction of sp³-hybridized carbons (Fsp3) is 0.200. The van der Waals surface area contributed by atoms with Crippen LogP contribution in [0.3, 0.4) is 0 Å². The number of carboxylic acid groups (broad SMARTS) is 1. The van der Waals surface area contributed by atoms with Crippen molar-refractivity contribution in [2.75, 3.05) is 12.3 Å². The lowest BCUT2D eigenvalue weighted by Crippen LogP contribution is -2.31. The first-order valence-electron chi connectivity index (χ1n) is 5.07. The molecule has 7 nitrogen and oxygen atoms in total. The van der Waals surface area contributed by atoms with Crippen LogP contribution in [0.1, 0.15) is 14.5 Å². The molecule has 104 valence electrons. The summed E-state index contributed by atoms with van der Waals surface area (Å²) in [5.74, 6) is -1.84. The van der Waals surface area contributed by atoms with E-state index in [1.165, 1.54) is 12.1 Å². The zero-order valence-corrected chi connectivity index (χ0v) is 11.3. The lowest BCUT2D eigenvalue weighted by atomic mass is 10.4. The highest BCUT2D eigenvalue weighted by molar-refractivity contribution is 7.89. The number of nitrogens with two attached hydrogens (primary N) is 1. The van der Waals surface area contributed by atoms with Gasteiger partial charge in [0.05, 0.1) is 10.6 Å². The second kappa shape index (κ2) is 6.45. The summed E-state index contributed by atoms with van der Waals surface area (Å²) in [5, 5.41) is 15.6. The minimum Gasteiger partial charge on any atom is -0.478 e. The van der Waals surface area contributed by atoms with Crippen LogP contribution in [-0.2, 0) is 14.8 Å². The summed E-state index contributed by atoms with van der Waals surface area (Å²) in [7, 11) is -3.60. The van der Waals surface area contributed by atoms with Crippen LogP contribution in [0.2, 0.25) is 0 Å². The average molecular weight is 304 g/mol. The number of carbonyl (C=O) groups excluding carboxylic acids is 1. The lowest BCUT2D eigenvalue weighted by Gasteiger charge is -2.01. The van der Waals surface area contributed by atoms with Crippen LogP contribution in [-0.4, -0.2) is 37.7 Å². The van der Waals surface area contributed by atoms with E-state index in [0.29, 0.717) is 9.75 Å². The topological polar surface area (TPSA) is 127 Å². The number of primary sulfonamides is 1. The fourth-order valence-electron chi connectivity index (χ4n) is 1.11. The van der Waals surface area contributed by atoms with Gasteiger partial charge in [-0.05, 0) is 18.2 Å². The van der Waals surface area contributed by atoms with Crippen molar-refractivity contribution in [3.05, 3.63) is 28.0 Å². The molecule has 0 fully saturated rings. The van der Waals surface area contributed by atoms with Gasteiger partial charge < -0.3 is 10.4 Å². The first kappa shape index (κ1) is 15.3. The number of carboxylic acids is 1. The van der Waals surface area contributed by atoms with Gasteiger partial charge in [-0.15, -0.1) is 11.3 Å². The molecule has 9 heteroatoms. The van der Waals surface area contributed by atoms with Crippen molar-refractivity contribution in [1.29, 1.82) is 0 Å². The van der Waals surface area contributed by atoms with Gasteiger partial charge in [0.25, 0.3) is 5.91 Å². The number of amides is 1. The molecule has 0 atom stereocenters. The molecule has 0 aliphatic rings. The van der Waals surface area contributed by atoms with Crippen LogP contribution in [0.5, 0.6) is 0 Å². The van der Waals surface area contributed by atoms with Crippen molar-refractivity contribution < 1.29 is 23.1 Å². The van der Waals surface area contributed by atoms with Crippen molar-refractivity contribution in [3.63, 3.8) is 0 Å². The SMILES string of the molecule is NS(=O)(=O)CCNC(=O)c1ccc(C=CC(=O)O)s1. The molecule has 0 aliphatic heterocycles. The Morgan fingerprint density at radius 3 is 2.68 bits per heavy atom. The smallest absolute Gasteiger partial charge is 0.328 e. The monoisotopic (exact) mass is 304 g/mol. The molecule has 0 aliphatic carbocycles. The summed E-state index contributed by atoms with van der Waals surface area (Å²) in [4.78, 5) is 22.9. The van der Waals surface area contributed by atoms with Gasteiger partial charge in [-0.2, -0.15) is 0 Å². The average Bonchev–Trinajstić information content (AvgIpc) is 2.73.